The number of hydrogen-bond donors (Lipinski definition) is 3. The van der Waals surface area contributed by atoms with Gasteiger partial charge in [0, 0.05) is 39.9 Å². The van der Waals surface area contributed by atoms with Crippen LogP contribution < -0.4 is 16.0 Å². The lowest BCUT2D eigenvalue weighted by Gasteiger charge is -2.15. The van der Waals surface area contributed by atoms with Crippen molar-refractivity contribution in [3.63, 3.8) is 0 Å². The van der Waals surface area contributed by atoms with Crippen molar-refractivity contribution in [2.45, 2.75) is 23.5 Å². The average Bonchev–Trinajstić information content (AvgIpc) is 3.49. The molecule has 1 atom stereocenters. The lowest BCUT2D eigenvalue weighted by molar-refractivity contribution is -0.384. The predicted octanol–water partition coefficient (Wildman–Crippen LogP) is 5.97. The summed E-state index contributed by atoms with van der Waals surface area (Å²) >= 11 is 2.69. The Morgan fingerprint density at radius 2 is 1.78 bits per heavy atom. The quantitative estimate of drug-likeness (QED) is 0.0849. The van der Waals surface area contributed by atoms with Gasteiger partial charge in [-0.1, -0.05) is 31.2 Å². The topological polar surface area (TPSA) is 143 Å². The smallest absolute Gasteiger partial charge is 0.272 e. The van der Waals surface area contributed by atoms with Crippen molar-refractivity contribution < 1.29 is 19.3 Å². The molecule has 4 rings (SSSR count). The Morgan fingerprint density at radius 1 is 1.02 bits per heavy atom. The minimum atomic E-state index is -0.594. The molecule has 41 heavy (non-hydrogen) atoms. The third-order valence-corrected chi connectivity index (χ3v) is 7.69. The van der Waals surface area contributed by atoms with E-state index in [9.17, 15) is 24.5 Å². The van der Waals surface area contributed by atoms with Gasteiger partial charge in [-0.3, -0.25) is 24.5 Å². The number of anilines is 2. The first-order valence-corrected chi connectivity index (χ1v) is 14.2. The molecular weight excluding hydrogens is 562 g/mol. The Labute approximate surface area is 244 Å². The number of carbonyl (C=O) groups is 3. The lowest BCUT2D eigenvalue weighted by Crippen LogP contribution is -2.30. The molecule has 0 aliphatic carbocycles. The number of nitrogens with zero attached hydrogens (tertiary/aromatic N) is 2. The second-order valence-electron chi connectivity index (χ2n) is 8.55. The normalized spacial score (nSPS) is 11.8. The molecule has 0 fully saturated rings. The Kier molecular flexibility index (Phi) is 9.97. The zero-order chi connectivity index (χ0) is 29.2. The van der Waals surface area contributed by atoms with Gasteiger partial charge in [0.05, 0.1) is 10.2 Å². The monoisotopic (exact) mass is 587 g/mol. The Bertz CT molecular complexity index is 1560. The molecule has 0 aliphatic rings. The molecule has 0 aliphatic heterocycles. The number of aromatic nitrogens is 1. The fourth-order valence-corrected chi connectivity index (χ4v) is 5.15. The van der Waals surface area contributed by atoms with Crippen LogP contribution in [0, 0.1) is 10.1 Å². The van der Waals surface area contributed by atoms with Crippen molar-refractivity contribution in [2.75, 3.05) is 10.6 Å². The summed E-state index contributed by atoms with van der Waals surface area (Å²) in [5, 5.41) is 21.2. The molecule has 3 aromatic carbocycles. The number of hydrogen-bond acceptors (Lipinski definition) is 8. The van der Waals surface area contributed by atoms with Gasteiger partial charge in [-0.25, -0.2) is 4.98 Å². The first-order chi connectivity index (χ1) is 19.8. The van der Waals surface area contributed by atoms with E-state index in [1.165, 1.54) is 53.4 Å². The number of nitro benzene ring substituents is 1. The number of amides is 3. The molecule has 0 saturated heterocycles. The highest BCUT2D eigenvalue weighted by Crippen LogP contribution is 2.29. The van der Waals surface area contributed by atoms with Crippen LogP contribution in [-0.2, 0) is 9.59 Å². The summed E-state index contributed by atoms with van der Waals surface area (Å²) in [5.74, 6) is -1.25. The molecule has 3 N–H and O–H groups in total. The highest BCUT2D eigenvalue weighted by molar-refractivity contribution is 8.00. The first-order valence-electron chi connectivity index (χ1n) is 12.4. The number of non-ortho nitro benzene ring substituents is 1. The molecule has 1 unspecified atom stereocenters. The maximum Gasteiger partial charge on any atom is 0.272 e. The summed E-state index contributed by atoms with van der Waals surface area (Å²) in [6.45, 7) is 1.91. The number of thiazole rings is 1. The van der Waals surface area contributed by atoms with E-state index < -0.39 is 16.7 Å². The van der Waals surface area contributed by atoms with Gasteiger partial charge in [0.1, 0.15) is 5.70 Å². The molecule has 4 aromatic rings. The van der Waals surface area contributed by atoms with Crippen molar-refractivity contribution in [2.24, 2.45) is 0 Å². The van der Waals surface area contributed by atoms with E-state index in [1.54, 1.807) is 60.1 Å². The van der Waals surface area contributed by atoms with Crippen molar-refractivity contribution in [3.05, 3.63) is 117 Å². The predicted molar refractivity (Wildman–Crippen MR) is 161 cm³/mol. The Morgan fingerprint density at radius 3 is 2.44 bits per heavy atom. The fourth-order valence-electron chi connectivity index (χ4n) is 3.60. The molecule has 0 radical (unpaired) electrons. The van der Waals surface area contributed by atoms with Crippen LogP contribution in [0.4, 0.5) is 16.5 Å². The van der Waals surface area contributed by atoms with Crippen LogP contribution in [0.1, 0.15) is 29.3 Å². The Hall–Kier alpha value is -4.81. The second-order valence-corrected chi connectivity index (χ2v) is 10.7. The maximum absolute atomic E-state index is 13.4. The van der Waals surface area contributed by atoms with E-state index in [-0.39, 0.29) is 22.5 Å². The molecule has 0 spiro atoms. The lowest BCUT2D eigenvalue weighted by atomic mass is 10.1. The number of benzene rings is 3. The van der Waals surface area contributed by atoms with Gasteiger partial charge in [-0.2, -0.15) is 0 Å². The molecule has 208 valence electrons. The summed E-state index contributed by atoms with van der Waals surface area (Å²) in [7, 11) is 0. The van der Waals surface area contributed by atoms with Gasteiger partial charge in [-0.15, -0.1) is 23.1 Å². The second kappa shape index (κ2) is 14.0. The van der Waals surface area contributed by atoms with Gasteiger partial charge in [0.15, 0.2) is 5.13 Å². The molecule has 1 aromatic heterocycles. The number of nitro groups is 1. The molecule has 12 heteroatoms. The highest BCUT2D eigenvalue weighted by Gasteiger charge is 2.20. The molecule has 0 bridgehead atoms. The summed E-state index contributed by atoms with van der Waals surface area (Å²) in [5.41, 5.74) is 1.14. The summed E-state index contributed by atoms with van der Waals surface area (Å²) < 4.78 is 0. The van der Waals surface area contributed by atoms with Crippen LogP contribution in [0.3, 0.4) is 0 Å². The standard InChI is InChI=1S/C29H25N5O5S2/c1-2-25(28(37)33-29-30-15-16-40-29)41-23-10-6-9-21(18-23)31-27(36)24(32-26(35)20-7-4-3-5-8-20)17-19-11-13-22(14-12-19)34(38)39/h3-18,25H,2H2,1H3,(H,31,36)(H,32,35)(H,30,33,37)/b24-17+. The minimum Gasteiger partial charge on any atom is -0.321 e. The molecule has 10 nitrogen and oxygen atoms in total. The van der Waals surface area contributed by atoms with Gasteiger partial charge >= 0.3 is 0 Å². The summed E-state index contributed by atoms with van der Waals surface area (Å²) in [6.07, 6.45) is 3.63. The largest absolute Gasteiger partial charge is 0.321 e. The van der Waals surface area contributed by atoms with Crippen LogP contribution in [0.2, 0.25) is 0 Å². The van der Waals surface area contributed by atoms with Crippen LogP contribution in [0.5, 0.6) is 0 Å². The summed E-state index contributed by atoms with van der Waals surface area (Å²) in [6, 6.07) is 21.1. The number of carbonyl (C=O) groups excluding carboxylic acids is 3. The minimum absolute atomic E-state index is 0.0555. The fraction of sp³-hybridized carbons (Fsp3) is 0.103. The third kappa shape index (κ3) is 8.34. The highest BCUT2D eigenvalue weighted by atomic mass is 32.2. The number of thioether (sulfide) groups is 1. The van der Waals surface area contributed by atoms with E-state index in [0.29, 0.717) is 28.4 Å². The van der Waals surface area contributed by atoms with E-state index in [1.807, 2.05) is 13.0 Å². The third-order valence-electron chi connectivity index (χ3n) is 5.64. The van der Waals surface area contributed by atoms with E-state index >= 15 is 0 Å². The van der Waals surface area contributed by atoms with Crippen LogP contribution in [0.25, 0.3) is 6.08 Å². The average molecular weight is 588 g/mol. The van der Waals surface area contributed by atoms with Gasteiger partial charge in [0.25, 0.3) is 17.5 Å². The van der Waals surface area contributed by atoms with Crippen LogP contribution in [-0.4, -0.2) is 32.9 Å². The molecule has 3 amide bonds. The van der Waals surface area contributed by atoms with Crippen LogP contribution >= 0.6 is 23.1 Å². The van der Waals surface area contributed by atoms with Crippen molar-refractivity contribution >= 4 is 63.4 Å². The maximum atomic E-state index is 13.4. The zero-order valence-electron chi connectivity index (χ0n) is 21.8. The molecular formula is C29H25N5O5S2. The van der Waals surface area contributed by atoms with E-state index in [0.717, 1.165) is 4.90 Å². The van der Waals surface area contributed by atoms with Gasteiger partial charge in [-0.05, 0) is 60.5 Å². The van der Waals surface area contributed by atoms with Crippen molar-refractivity contribution in [1.29, 1.82) is 0 Å². The summed E-state index contributed by atoms with van der Waals surface area (Å²) in [4.78, 5) is 54.3. The Balaban J connectivity index is 1.52. The zero-order valence-corrected chi connectivity index (χ0v) is 23.4. The van der Waals surface area contributed by atoms with Crippen molar-refractivity contribution in [1.82, 2.24) is 10.3 Å². The van der Waals surface area contributed by atoms with Crippen molar-refractivity contribution in [3.8, 4) is 0 Å². The first kappa shape index (κ1) is 29.2. The van der Waals surface area contributed by atoms with Crippen LogP contribution in [0.15, 0.2) is 101 Å². The molecule has 1 heterocycles. The van der Waals surface area contributed by atoms with E-state index in [4.69, 9.17) is 0 Å². The number of rotatable bonds is 11. The molecule has 0 saturated carbocycles. The number of nitrogens with one attached hydrogen (secondary N) is 3. The van der Waals surface area contributed by atoms with Gasteiger partial charge < -0.3 is 16.0 Å². The van der Waals surface area contributed by atoms with Gasteiger partial charge in [0.2, 0.25) is 5.91 Å². The SMILES string of the molecule is CCC(Sc1cccc(NC(=O)/C(=C\c2ccc([N+](=O)[O-])cc2)NC(=O)c2ccccc2)c1)C(=O)Nc1nccs1. The van der Waals surface area contributed by atoms with E-state index in [2.05, 4.69) is 20.9 Å².